The smallest absolute Gasteiger partial charge is 0.355 e. The number of imide groups is 1. The molecule has 15 heteroatoms. The fourth-order valence-corrected chi connectivity index (χ4v) is 12.2. The summed E-state index contributed by atoms with van der Waals surface area (Å²) in [5.41, 5.74) is 8.64. The summed E-state index contributed by atoms with van der Waals surface area (Å²) < 4.78 is 7.68. The van der Waals surface area contributed by atoms with Gasteiger partial charge in [-0.15, -0.1) is 0 Å². The van der Waals surface area contributed by atoms with Crippen molar-refractivity contribution in [2.75, 3.05) is 48.8 Å². The molecule has 1 saturated carbocycles. The number of carboxylic acids is 1. The number of fused-ring (bicyclic) bond motifs is 2. The lowest BCUT2D eigenvalue weighted by Crippen LogP contribution is -2.44. The third kappa shape index (κ3) is 10.5. The molecular weight excluding hydrogens is 925 g/mol. The number of pyridine rings is 1. The Bertz CT molecular complexity index is 3020. The normalized spacial score (nSPS) is 20.2. The number of aromatic nitrogens is 2. The van der Waals surface area contributed by atoms with Crippen LogP contribution in [0.4, 0.5) is 16.6 Å². The summed E-state index contributed by atoms with van der Waals surface area (Å²) in [6.45, 7) is 6.21. The van der Waals surface area contributed by atoms with E-state index in [9.17, 15) is 24.3 Å². The summed E-state index contributed by atoms with van der Waals surface area (Å²) in [6.07, 6.45) is 10.3. The molecule has 2 aromatic heterocycles. The fourth-order valence-electron chi connectivity index (χ4n) is 11.3. The van der Waals surface area contributed by atoms with Gasteiger partial charge in [-0.2, -0.15) is 0 Å². The number of piperidine rings is 1. The molecule has 5 N–H and O–H groups in total. The van der Waals surface area contributed by atoms with E-state index in [1.165, 1.54) is 36.2 Å². The molecule has 3 aliphatic heterocycles. The molecular formula is C57H62N8O6S. The van der Waals surface area contributed by atoms with Crippen LogP contribution in [0.2, 0.25) is 0 Å². The number of hydrogen-bond acceptors (Lipinski definition) is 12. The largest absolute Gasteiger partial charge is 0.490 e. The van der Waals surface area contributed by atoms with E-state index in [0.29, 0.717) is 65.4 Å². The molecule has 6 aromatic rings. The van der Waals surface area contributed by atoms with E-state index in [1.54, 1.807) is 0 Å². The third-order valence-corrected chi connectivity index (χ3v) is 16.3. The lowest BCUT2D eigenvalue weighted by Gasteiger charge is -2.31. The van der Waals surface area contributed by atoms with Gasteiger partial charge < -0.3 is 30.4 Å². The van der Waals surface area contributed by atoms with E-state index in [1.807, 2.05) is 97.7 Å². The summed E-state index contributed by atoms with van der Waals surface area (Å²) in [4.78, 5) is 64.6. The number of nitrogens with one attached hydrogen (secondary N) is 4. The zero-order chi connectivity index (χ0) is 49.9. The van der Waals surface area contributed by atoms with Gasteiger partial charge in [0.1, 0.15) is 11.6 Å². The van der Waals surface area contributed by atoms with Gasteiger partial charge >= 0.3 is 5.97 Å². The average molecular weight is 987 g/mol. The number of unbranched alkanes of at least 4 members (excludes halogenated alkanes) is 1. The van der Waals surface area contributed by atoms with Crippen molar-refractivity contribution in [3.05, 3.63) is 130 Å². The molecule has 0 radical (unpaired) electrons. The molecule has 0 bridgehead atoms. The second-order valence-electron chi connectivity index (χ2n) is 19.9. The maximum atomic E-state index is 13.7. The number of carbonyl (C=O) groups is 4. The van der Waals surface area contributed by atoms with E-state index in [2.05, 4.69) is 38.0 Å². The van der Waals surface area contributed by atoms with Gasteiger partial charge in [0.25, 0.3) is 5.91 Å². The summed E-state index contributed by atoms with van der Waals surface area (Å²) in [5, 5.41) is 28.5. The second kappa shape index (κ2) is 21.4. The van der Waals surface area contributed by atoms with Crippen LogP contribution in [0.5, 0.6) is 5.75 Å². The van der Waals surface area contributed by atoms with Gasteiger partial charge in [0.15, 0.2) is 10.8 Å². The number of aromatic carboxylic acids is 1. The van der Waals surface area contributed by atoms with E-state index in [4.69, 9.17) is 15.1 Å². The van der Waals surface area contributed by atoms with Crippen molar-refractivity contribution in [3.63, 3.8) is 0 Å². The number of likely N-dealkylation sites (tertiary alicyclic amines) is 1. The van der Waals surface area contributed by atoms with Crippen molar-refractivity contribution in [1.82, 2.24) is 20.2 Å². The Hall–Kier alpha value is -6.97. The third-order valence-electron chi connectivity index (χ3n) is 15.4. The highest BCUT2D eigenvalue weighted by molar-refractivity contribution is 7.22. The minimum absolute atomic E-state index is 0.0217. The van der Waals surface area contributed by atoms with Crippen molar-refractivity contribution >= 4 is 67.6 Å². The van der Waals surface area contributed by atoms with Gasteiger partial charge in [0, 0.05) is 55.5 Å². The number of carboxylic acid groups (broad SMARTS) is 1. The zero-order valence-corrected chi connectivity index (χ0v) is 41.8. The van der Waals surface area contributed by atoms with Crippen LogP contribution in [0.25, 0.3) is 21.3 Å². The number of anilines is 3. The number of ether oxygens (including phenoxy) is 1. The number of thiazole rings is 1. The van der Waals surface area contributed by atoms with Gasteiger partial charge in [-0.05, 0) is 153 Å². The van der Waals surface area contributed by atoms with Gasteiger partial charge in [0.2, 0.25) is 11.8 Å². The Morgan fingerprint density at radius 1 is 0.875 bits per heavy atom. The number of para-hydroxylation sites is 1. The maximum absolute atomic E-state index is 13.7. The predicted octanol–water partition coefficient (Wildman–Crippen LogP) is 10.2. The van der Waals surface area contributed by atoms with Crippen LogP contribution in [0, 0.1) is 24.2 Å². The minimum Gasteiger partial charge on any atom is -0.490 e. The number of nitrogens with zero attached hydrogens (tertiary/aromatic N) is 4. The number of carbonyl (C=O) groups excluding carboxylic acids is 3. The molecule has 72 heavy (non-hydrogen) atoms. The molecule has 5 heterocycles. The van der Waals surface area contributed by atoms with Gasteiger partial charge in [-0.1, -0.05) is 72.7 Å². The Morgan fingerprint density at radius 3 is 2.51 bits per heavy atom. The van der Waals surface area contributed by atoms with Crippen LogP contribution in [0.1, 0.15) is 119 Å². The Balaban J connectivity index is 0.700. The Kier molecular flexibility index (Phi) is 14.5. The van der Waals surface area contributed by atoms with E-state index in [-0.39, 0.29) is 41.7 Å². The SMILES string of the molecule is CNc1cc(C2CCN(CCCCC3CCC(Oc4cccc(-c5ccc(N6CCc7cccc(C(=O)Nc8nc9ccccc9s8)c7C6)nc5C(=O)O)c4C)CC3)C2)ccc1C(=N)C1CCC(=O)NC1=O. The van der Waals surface area contributed by atoms with Crippen LogP contribution in [-0.4, -0.2) is 88.7 Å². The molecule has 10 rings (SSSR count). The number of hydrogen-bond donors (Lipinski definition) is 5. The van der Waals surface area contributed by atoms with Gasteiger partial charge in [0.05, 0.1) is 28.0 Å². The standard InChI is InChI=1S/C57H62N8O6S/c1-34-40(41-22-24-50(61-53(41)56(69)70)65-30-27-36-10-7-12-42(45(36)33-65)54(67)63-57-60-46-13-3-4-15-49(46)72-57)11-8-14-48(34)71-39-19-16-35(17-20-39)9-5-6-28-64-29-26-38(32-64)37-18-21-43(47(31-37)59-2)52(58)44-23-25-51(66)62-55(44)68/h3-4,7-8,10-15,18,21-22,24,31,35,38-39,44,58-59H,5-6,9,16-17,19-20,23,25-30,32-33H2,1-2H3,(H,69,70)(H,60,63,67)(H,62,66,68). The van der Waals surface area contributed by atoms with E-state index < -0.39 is 11.9 Å². The maximum Gasteiger partial charge on any atom is 0.355 e. The first-order valence-corrected chi connectivity index (χ1v) is 26.3. The van der Waals surface area contributed by atoms with Gasteiger partial charge in [-0.3, -0.25) is 25.0 Å². The first kappa shape index (κ1) is 48.6. The molecule has 2 unspecified atom stereocenters. The monoisotopic (exact) mass is 986 g/mol. The lowest BCUT2D eigenvalue weighted by molar-refractivity contribution is -0.134. The van der Waals surface area contributed by atoms with Crippen molar-refractivity contribution in [1.29, 1.82) is 5.41 Å². The Labute approximate surface area is 424 Å². The highest BCUT2D eigenvalue weighted by Gasteiger charge is 2.33. The molecule has 4 aliphatic rings. The zero-order valence-electron chi connectivity index (χ0n) is 41.0. The summed E-state index contributed by atoms with van der Waals surface area (Å²) in [5.74, 6) is -0.176. The topological polar surface area (TPSA) is 190 Å². The molecule has 1 aliphatic carbocycles. The Morgan fingerprint density at radius 2 is 1.71 bits per heavy atom. The quantitative estimate of drug-likeness (QED) is 0.0353. The average Bonchev–Trinajstić information content (AvgIpc) is 4.05. The number of benzene rings is 4. The van der Waals surface area contributed by atoms with Crippen LogP contribution >= 0.6 is 11.3 Å². The number of amides is 3. The summed E-state index contributed by atoms with van der Waals surface area (Å²) in [6, 6.07) is 29.4. The van der Waals surface area contributed by atoms with Crippen molar-refractivity contribution < 1.29 is 29.0 Å². The van der Waals surface area contributed by atoms with E-state index in [0.717, 1.165) is 95.6 Å². The van der Waals surface area contributed by atoms with Crippen molar-refractivity contribution in [2.24, 2.45) is 11.8 Å². The molecule has 2 saturated heterocycles. The molecule has 14 nitrogen and oxygen atoms in total. The molecule has 4 aromatic carbocycles. The molecule has 3 fully saturated rings. The highest BCUT2D eigenvalue weighted by atomic mass is 32.1. The molecule has 372 valence electrons. The first-order chi connectivity index (χ1) is 35.0. The molecule has 3 amide bonds. The summed E-state index contributed by atoms with van der Waals surface area (Å²) >= 11 is 1.44. The van der Waals surface area contributed by atoms with Crippen LogP contribution in [0.3, 0.4) is 0 Å². The lowest BCUT2D eigenvalue weighted by atomic mass is 9.84. The van der Waals surface area contributed by atoms with Crippen LogP contribution in [0.15, 0.2) is 91.0 Å². The fraction of sp³-hybridized carbons (Fsp3) is 0.386. The minimum atomic E-state index is -1.10. The second-order valence-corrected chi connectivity index (χ2v) is 20.9. The van der Waals surface area contributed by atoms with Crippen molar-refractivity contribution in [3.8, 4) is 16.9 Å². The van der Waals surface area contributed by atoms with Crippen LogP contribution in [-0.2, 0) is 22.6 Å². The predicted molar refractivity (Wildman–Crippen MR) is 283 cm³/mol. The summed E-state index contributed by atoms with van der Waals surface area (Å²) in [7, 11) is 1.85. The highest BCUT2D eigenvalue weighted by Crippen LogP contribution is 2.38. The first-order valence-electron chi connectivity index (χ1n) is 25.5. The van der Waals surface area contributed by atoms with Crippen LogP contribution < -0.4 is 25.6 Å². The molecule has 2 atom stereocenters. The molecule has 0 spiro atoms. The van der Waals surface area contributed by atoms with Gasteiger partial charge in [-0.25, -0.2) is 14.8 Å². The van der Waals surface area contributed by atoms with E-state index >= 15 is 0 Å². The number of rotatable bonds is 16. The van der Waals surface area contributed by atoms with Crippen molar-refractivity contribution in [2.45, 2.75) is 96.1 Å².